The summed E-state index contributed by atoms with van der Waals surface area (Å²) in [5.74, 6) is 0.438. The third kappa shape index (κ3) is 3.77. The lowest BCUT2D eigenvalue weighted by molar-refractivity contribution is -0.385. The Bertz CT molecular complexity index is 762. The second-order valence-corrected chi connectivity index (χ2v) is 5.51. The molecule has 2 aromatic rings. The maximum Gasteiger partial charge on any atom is 0.285 e. The van der Waals surface area contributed by atoms with Crippen LogP contribution in [-0.4, -0.2) is 31.3 Å². The summed E-state index contributed by atoms with van der Waals surface area (Å²) in [6.45, 7) is 0. The highest BCUT2D eigenvalue weighted by Crippen LogP contribution is 2.34. The van der Waals surface area contributed by atoms with E-state index < -0.39 is 10.8 Å². The van der Waals surface area contributed by atoms with E-state index in [0.29, 0.717) is 22.1 Å². The third-order valence-corrected chi connectivity index (χ3v) is 4.05. The number of ether oxygens (including phenoxy) is 2. The fraction of sp³-hybridized carbons (Fsp3) is 0.188. The summed E-state index contributed by atoms with van der Waals surface area (Å²) < 4.78 is 10.2. The number of anilines is 1. The fourth-order valence-electron chi connectivity index (χ4n) is 2.07. The maximum absolute atomic E-state index is 12.5. The van der Waals surface area contributed by atoms with E-state index in [-0.39, 0.29) is 11.3 Å². The van der Waals surface area contributed by atoms with E-state index in [1.165, 1.54) is 38.1 Å². The highest BCUT2D eigenvalue weighted by Gasteiger charge is 2.24. The standard InChI is InChI=1S/C16H16N2O5S/c1-22-11-6-4-10(5-7-11)17-16(19)12-8-15(24-3)14(23-2)9-13(12)18(20)21/h4-9H,1-3H3,(H,17,19). The molecule has 0 unspecified atom stereocenters. The van der Waals surface area contributed by atoms with Gasteiger partial charge in [0.05, 0.1) is 30.1 Å². The highest BCUT2D eigenvalue weighted by molar-refractivity contribution is 7.98. The fourth-order valence-corrected chi connectivity index (χ4v) is 2.65. The lowest BCUT2D eigenvalue weighted by Gasteiger charge is -2.10. The van der Waals surface area contributed by atoms with E-state index >= 15 is 0 Å². The summed E-state index contributed by atoms with van der Waals surface area (Å²) in [4.78, 5) is 23.8. The Labute approximate surface area is 143 Å². The molecule has 0 aromatic heterocycles. The van der Waals surface area contributed by atoms with Crippen molar-refractivity contribution in [1.82, 2.24) is 0 Å². The molecule has 0 saturated carbocycles. The minimum Gasteiger partial charge on any atom is -0.497 e. The largest absolute Gasteiger partial charge is 0.497 e. The van der Waals surface area contributed by atoms with Crippen molar-refractivity contribution in [2.75, 3.05) is 25.8 Å². The predicted molar refractivity (Wildman–Crippen MR) is 92.4 cm³/mol. The van der Waals surface area contributed by atoms with Crippen molar-refractivity contribution in [2.45, 2.75) is 4.90 Å². The minimum atomic E-state index is -0.602. The molecule has 2 rings (SSSR count). The summed E-state index contributed by atoms with van der Waals surface area (Å²) in [6, 6.07) is 9.40. The van der Waals surface area contributed by atoms with Crippen molar-refractivity contribution in [2.24, 2.45) is 0 Å². The molecular weight excluding hydrogens is 332 g/mol. The zero-order chi connectivity index (χ0) is 17.7. The Balaban J connectivity index is 2.37. The molecular formula is C16H16N2O5S. The summed E-state index contributed by atoms with van der Waals surface area (Å²) in [5.41, 5.74) is 0.174. The van der Waals surface area contributed by atoms with E-state index in [1.807, 2.05) is 0 Å². The zero-order valence-electron chi connectivity index (χ0n) is 13.4. The third-order valence-electron chi connectivity index (χ3n) is 3.29. The van der Waals surface area contributed by atoms with E-state index in [2.05, 4.69) is 5.32 Å². The Kier molecular flexibility index (Phi) is 5.64. The number of carbonyl (C=O) groups excluding carboxylic acids is 1. The Morgan fingerprint density at radius 2 is 1.83 bits per heavy atom. The van der Waals surface area contributed by atoms with Gasteiger partial charge in [-0.15, -0.1) is 11.8 Å². The summed E-state index contributed by atoms with van der Waals surface area (Å²) >= 11 is 1.34. The van der Waals surface area contributed by atoms with Crippen LogP contribution in [0, 0.1) is 10.1 Å². The molecule has 0 aliphatic heterocycles. The van der Waals surface area contributed by atoms with Gasteiger partial charge in [0.1, 0.15) is 17.1 Å². The van der Waals surface area contributed by atoms with Gasteiger partial charge in [-0.1, -0.05) is 0 Å². The van der Waals surface area contributed by atoms with Crippen molar-refractivity contribution in [1.29, 1.82) is 0 Å². The maximum atomic E-state index is 12.5. The molecule has 0 spiro atoms. The van der Waals surface area contributed by atoms with E-state index in [1.54, 1.807) is 30.5 Å². The number of nitrogens with zero attached hydrogens (tertiary/aromatic N) is 1. The van der Waals surface area contributed by atoms with E-state index in [4.69, 9.17) is 9.47 Å². The zero-order valence-corrected chi connectivity index (χ0v) is 14.2. The second kappa shape index (κ2) is 7.69. The minimum absolute atomic E-state index is 0.0269. The topological polar surface area (TPSA) is 90.7 Å². The van der Waals surface area contributed by atoms with Gasteiger partial charge in [-0.2, -0.15) is 0 Å². The van der Waals surface area contributed by atoms with Gasteiger partial charge in [0.25, 0.3) is 11.6 Å². The number of hydrogen-bond acceptors (Lipinski definition) is 6. The van der Waals surface area contributed by atoms with Crippen molar-refractivity contribution in [3.8, 4) is 11.5 Å². The van der Waals surface area contributed by atoms with E-state index in [9.17, 15) is 14.9 Å². The molecule has 0 bridgehead atoms. The summed E-state index contributed by atoms with van der Waals surface area (Å²) in [5, 5.41) is 13.9. The molecule has 126 valence electrons. The molecule has 0 heterocycles. The number of carbonyl (C=O) groups is 1. The molecule has 7 nitrogen and oxygen atoms in total. The summed E-state index contributed by atoms with van der Waals surface area (Å²) in [7, 11) is 2.97. The first-order chi connectivity index (χ1) is 11.5. The number of nitrogens with one attached hydrogen (secondary N) is 1. The SMILES string of the molecule is COc1ccc(NC(=O)c2cc(SC)c(OC)cc2[N+](=O)[O-])cc1. The van der Waals surface area contributed by atoms with Crippen LogP contribution < -0.4 is 14.8 Å². The highest BCUT2D eigenvalue weighted by atomic mass is 32.2. The van der Waals surface area contributed by atoms with E-state index in [0.717, 1.165) is 0 Å². The van der Waals surface area contributed by atoms with Crippen molar-refractivity contribution in [3.63, 3.8) is 0 Å². The van der Waals surface area contributed by atoms with Crippen LogP contribution in [0.3, 0.4) is 0 Å². The smallest absolute Gasteiger partial charge is 0.285 e. The van der Waals surface area contributed by atoms with Gasteiger partial charge in [0.2, 0.25) is 0 Å². The van der Waals surface area contributed by atoms with Crippen LogP contribution in [0.1, 0.15) is 10.4 Å². The lowest BCUT2D eigenvalue weighted by Crippen LogP contribution is -2.14. The molecule has 0 fully saturated rings. The van der Waals surface area contributed by atoms with Crippen LogP contribution in [0.25, 0.3) is 0 Å². The number of amides is 1. The molecule has 2 aromatic carbocycles. The number of rotatable bonds is 6. The van der Waals surface area contributed by atoms with Crippen LogP contribution in [0.2, 0.25) is 0 Å². The molecule has 0 aliphatic rings. The normalized spacial score (nSPS) is 10.1. The number of nitro benzene ring substituents is 1. The summed E-state index contributed by atoms with van der Waals surface area (Å²) in [6.07, 6.45) is 1.80. The van der Waals surface area contributed by atoms with Crippen molar-refractivity contribution in [3.05, 3.63) is 52.1 Å². The average Bonchev–Trinajstić information content (AvgIpc) is 2.60. The van der Waals surface area contributed by atoms with Crippen LogP contribution >= 0.6 is 11.8 Å². The molecule has 0 aliphatic carbocycles. The number of thioether (sulfide) groups is 1. The van der Waals surface area contributed by atoms with Crippen LogP contribution in [0.15, 0.2) is 41.3 Å². The van der Waals surface area contributed by atoms with Gasteiger partial charge in [-0.25, -0.2) is 0 Å². The molecule has 0 radical (unpaired) electrons. The van der Waals surface area contributed by atoms with Crippen molar-refractivity contribution < 1.29 is 19.2 Å². The molecule has 24 heavy (non-hydrogen) atoms. The second-order valence-electron chi connectivity index (χ2n) is 4.66. The Morgan fingerprint density at radius 3 is 2.33 bits per heavy atom. The Hall–Kier alpha value is -2.74. The lowest BCUT2D eigenvalue weighted by atomic mass is 10.1. The van der Waals surface area contributed by atoms with Crippen LogP contribution in [0.5, 0.6) is 11.5 Å². The number of hydrogen-bond donors (Lipinski definition) is 1. The Morgan fingerprint density at radius 1 is 1.17 bits per heavy atom. The molecule has 1 amide bonds. The average molecular weight is 348 g/mol. The van der Waals surface area contributed by atoms with Gasteiger partial charge < -0.3 is 14.8 Å². The molecule has 0 atom stereocenters. The predicted octanol–water partition coefficient (Wildman–Crippen LogP) is 3.59. The van der Waals surface area contributed by atoms with Crippen LogP contribution in [-0.2, 0) is 0 Å². The van der Waals surface area contributed by atoms with Gasteiger partial charge >= 0.3 is 0 Å². The van der Waals surface area contributed by atoms with Crippen LogP contribution in [0.4, 0.5) is 11.4 Å². The van der Waals surface area contributed by atoms with Gasteiger partial charge in [0, 0.05) is 5.69 Å². The van der Waals surface area contributed by atoms with Gasteiger partial charge in [0.15, 0.2) is 0 Å². The number of nitro groups is 1. The molecule has 8 heteroatoms. The first-order valence-electron chi connectivity index (χ1n) is 6.86. The number of benzene rings is 2. The first kappa shape index (κ1) is 17.6. The molecule has 1 N–H and O–H groups in total. The van der Waals surface area contributed by atoms with Gasteiger partial charge in [-0.3, -0.25) is 14.9 Å². The molecule has 0 saturated heterocycles. The van der Waals surface area contributed by atoms with Crippen molar-refractivity contribution >= 4 is 29.0 Å². The van der Waals surface area contributed by atoms with Gasteiger partial charge in [-0.05, 0) is 36.6 Å². The monoisotopic (exact) mass is 348 g/mol. The first-order valence-corrected chi connectivity index (χ1v) is 8.08. The number of methoxy groups -OCH3 is 2. The quantitative estimate of drug-likeness (QED) is 0.487.